The van der Waals surface area contributed by atoms with Crippen LogP contribution in [-0.4, -0.2) is 45.9 Å². The zero-order chi connectivity index (χ0) is 20.9. The first-order valence-electron chi connectivity index (χ1n) is 8.83. The van der Waals surface area contributed by atoms with Crippen molar-refractivity contribution in [2.45, 2.75) is 25.7 Å². The molecule has 0 unspecified atom stereocenters. The lowest BCUT2D eigenvalue weighted by atomic mass is 10.2. The van der Waals surface area contributed by atoms with E-state index in [1.54, 1.807) is 25.1 Å². The summed E-state index contributed by atoms with van der Waals surface area (Å²) in [4.78, 5) is 12.5. The van der Waals surface area contributed by atoms with E-state index in [-0.39, 0.29) is 11.4 Å². The highest BCUT2D eigenvalue weighted by Gasteiger charge is 2.24. The Kier molecular flexibility index (Phi) is 7.04. The number of nitrogens with one attached hydrogen (secondary N) is 1. The van der Waals surface area contributed by atoms with Gasteiger partial charge in [-0.2, -0.15) is 4.31 Å². The first-order chi connectivity index (χ1) is 13.2. The third-order valence-corrected chi connectivity index (χ3v) is 5.95. The van der Waals surface area contributed by atoms with E-state index >= 15 is 0 Å². The first kappa shape index (κ1) is 21.7. The van der Waals surface area contributed by atoms with Crippen LogP contribution in [0.15, 0.2) is 41.3 Å². The minimum absolute atomic E-state index is 0.108. The lowest BCUT2D eigenvalue weighted by Crippen LogP contribution is -2.35. The van der Waals surface area contributed by atoms with Gasteiger partial charge in [0.2, 0.25) is 15.9 Å². The normalized spacial score (nSPS) is 11.4. The van der Waals surface area contributed by atoms with Gasteiger partial charge < -0.3 is 14.8 Å². The minimum atomic E-state index is -3.82. The Morgan fingerprint density at radius 3 is 2.39 bits per heavy atom. The first-order valence-corrected chi connectivity index (χ1v) is 10.3. The maximum Gasteiger partial charge on any atom is 0.243 e. The molecule has 0 aliphatic heterocycles. The maximum atomic E-state index is 12.8. The Labute approximate surface area is 166 Å². The number of aryl methyl sites for hydroxylation is 2. The highest BCUT2D eigenvalue weighted by molar-refractivity contribution is 7.89. The number of carbonyl (C=O) groups is 1. The number of benzene rings is 2. The lowest BCUT2D eigenvalue weighted by Gasteiger charge is -2.18. The summed E-state index contributed by atoms with van der Waals surface area (Å²) in [6.07, 6.45) is 0. The molecule has 2 aromatic rings. The Hall–Kier alpha value is -2.58. The second-order valence-electron chi connectivity index (χ2n) is 6.37. The number of anilines is 1. The molecule has 1 N–H and O–H groups in total. The summed E-state index contributed by atoms with van der Waals surface area (Å²) in [6, 6.07) is 10.0. The maximum absolute atomic E-state index is 12.8. The third kappa shape index (κ3) is 5.02. The van der Waals surface area contributed by atoms with Crippen LogP contribution >= 0.6 is 0 Å². The molecular weight excluding hydrogens is 380 g/mol. The summed E-state index contributed by atoms with van der Waals surface area (Å²) in [5, 5.41) is 2.70. The quantitative estimate of drug-likeness (QED) is 0.729. The van der Waals surface area contributed by atoms with Crippen molar-refractivity contribution in [2.24, 2.45) is 0 Å². The Morgan fingerprint density at radius 1 is 1.11 bits per heavy atom. The van der Waals surface area contributed by atoms with Gasteiger partial charge >= 0.3 is 0 Å². The summed E-state index contributed by atoms with van der Waals surface area (Å²) >= 11 is 0. The number of ether oxygens (including phenoxy) is 2. The van der Waals surface area contributed by atoms with Gasteiger partial charge in [-0.25, -0.2) is 8.42 Å². The summed E-state index contributed by atoms with van der Waals surface area (Å²) in [7, 11) is -0.944. The molecule has 0 saturated carbocycles. The number of amides is 1. The molecule has 7 nitrogen and oxygen atoms in total. The van der Waals surface area contributed by atoms with Crippen molar-refractivity contribution in [1.29, 1.82) is 0 Å². The van der Waals surface area contributed by atoms with Gasteiger partial charge in [0.15, 0.2) is 0 Å². The number of hydrogen-bond donors (Lipinski definition) is 1. The monoisotopic (exact) mass is 406 g/mol. The fourth-order valence-corrected chi connectivity index (χ4v) is 3.89. The minimum Gasteiger partial charge on any atom is -0.495 e. The Balaban J connectivity index is 2.15. The average Bonchev–Trinajstić information content (AvgIpc) is 2.63. The zero-order valence-electron chi connectivity index (χ0n) is 16.8. The number of carbonyl (C=O) groups excluding carboxylic acids is 1. The summed E-state index contributed by atoms with van der Waals surface area (Å²) in [5.41, 5.74) is 2.16. The fraction of sp³-hybridized carbons (Fsp3) is 0.350. The molecule has 0 radical (unpaired) electrons. The molecule has 0 fully saturated rings. The van der Waals surface area contributed by atoms with Gasteiger partial charge in [0.25, 0.3) is 0 Å². The molecule has 152 valence electrons. The van der Waals surface area contributed by atoms with Gasteiger partial charge in [-0.3, -0.25) is 4.79 Å². The lowest BCUT2D eigenvalue weighted by molar-refractivity contribution is -0.116. The van der Waals surface area contributed by atoms with Crippen LogP contribution in [0.4, 0.5) is 5.69 Å². The largest absolute Gasteiger partial charge is 0.495 e. The number of sulfonamides is 1. The molecule has 28 heavy (non-hydrogen) atoms. The van der Waals surface area contributed by atoms with E-state index in [0.29, 0.717) is 29.4 Å². The van der Waals surface area contributed by atoms with Crippen molar-refractivity contribution < 1.29 is 22.7 Å². The van der Waals surface area contributed by atoms with E-state index < -0.39 is 15.9 Å². The topological polar surface area (TPSA) is 84.9 Å². The van der Waals surface area contributed by atoms with Crippen LogP contribution in [0.3, 0.4) is 0 Å². The van der Waals surface area contributed by atoms with Crippen LogP contribution < -0.4 is 14.8 Å². The van der Waals surface area contributed by atoms with Gasteiger partial charge in [-0.1, -0.05) is 6.07 Å². The van der Waals surface area contributed by atoms with E-state index in [4.69, 9.17) is 9.47 Å². The number of methoxy groups -OCH3 is 1. The van der Waals surface area contributed by atoms with E-state index in [1.165, 1.54) is 26.3 Å². The van der Waals surface area contributed by atoms with Crippen molar-refractivity contribution in [3.05, 3.63) is 47.5 Å². The smallest absolute Gasteiger partial charge is 0.243 e. The molecule has 0 bridgehead atoms. The van der Waals surface area contributed by atoms with E-state index in [0.717, 1.165) is 9.87 Å². The average molecular weight is 407 g/mol. The number of nitrogens with zero attached hydrogens (tertiary/aromatic N) is 1. The molecule has 1 amide bonds. The second-order valence-corrected chi connectivity index (χ2v) is 8.42. The van der Waals surface area contributed by atoms with Gasteiger partial charge in [0, 0.05) is 7.05 Å². The molecule has 0 aliphatic rings. The van der Waals surface area contributed by atoms with Crippen LogP contribution in [0.2, 0.25) is 0 Å². The molecule has 0 aliphatic carbocycles. The van der Waals surface area contributed by atoms with Gasteiger partial charge in [0.05, 0.1) is 30.8 Å². The molecule has 2 rings (SSSR count). The van der Waals surface area contributed by atoms with Crippen LogP contribution in [0.25, 0.3) is 0 Å². The molecule has 8 heteroatoms. The number of hydrogen-bond acceptors (Lipinski definition) is 5. The van der Waals surface area contributed by atoms with E-state index in [9.17, 15) is 13.2 Å². The zero-order valence-corrected chi connectivity index (χ0v) is 17.6. The van der Waals surface area contributed by atoms with Crippen LogP contribution in [0.5, 0.6) is 11.5 Å². The summed E-state index contributed by atoms with van der Waals surface area (Å²) < 4.78 is 37.3. The van der Waals surface area contributed by atoms with Crippen molar-refractivity contribution in [3.8, 4) is 11.5 Å². The van der Waals surface area contributed by atoms with Crippen LogP contribution in [0.1, 0.15) is 18.1 Å². The van der Waals surface area contributed by atoms with Crippen molar-refractivity contribution in [3.63, 3.8) is 0 Å². The SMILES string of the molecule is CCOc1ccc(S(=O)(=O)N(C)CC(=O)Nc2cc(C)ccc2OC)cc1C. The number of likely N-dealkylation sites (N-methyl/N-ethyl adjacent to an activating group) is 1. The highest BCUT2D eigenvalue weighted by Crippen LogP contribution is 2.26. The van der Waals surface area contributed by atoms with Crippen molar-refractivity contribution in [2.75, 3.05) is 32.6 Å². The number of rotatable bonds is 8. The van der Waals surface area contributed by atoms with Crippen molar-refractivity contribution >= 4 is 21.6 Å². The van der Waals surface area contributed by atoms with Gasteiger partial charge in [-0.15, -0.1) is 0 Å². The highest BCUT2D eigenvalue weighted by atomic mass is 32.2. The van der Waals surface area contributed by atoms with Crippen molar-refractivity contribution in [1.82, 2.24) is 4.31 Å². The fourth-order valence-electron chi connectivity index (χ4n) is 2.68. The predicted molar refractivity (Wildman–Crippen MR) is 109 cm³/mol. The molecule has 2 aromatic carbocycles. The third-order valence-electron chi connectivity index (χ3n) is 4.15. The molecular formula is C20H26N2O5S. The second kappa shape index (κ2) is 9.07. The molecule has 0 saturated heterocycles. The van der Waals surface area contributed by atoms with E-state index in [2.05, 4.69) is 5.32 Å². The molecule has 0 heterocycles. The van der Waals surface area contributed by atoms with Crippen LogP contribution in [0, 0.1) is 13.8 Å². The Morgan fingerprint density at radius 2 is 1.79 bits per heavy atom. The van der Waals surface area contributed by atoms with Gasteiger partial charge in [-0.05, 0) is 62.2 Å². The molecule has 0 atom stereocenters. The Bertz CT molecular complexity index is 957. The summed E-state index contributed by atoms with van der Waals surface area (Å²) in [6.45, 7) is 5.70. The predicted octanol–water partition coefficient (Wildman–Crippen LogP) is 2.97. The van der Waals surface area contributed by atoms with E-state index in [1.807, 2.05) is 19.9 Å². The molecule has 0 spiro atoms. The van der Waals surface area contributed by atoms with Crippen LogP contribution in [-0.2, 0) is 14.8 Å². The standard InChI is InChI=1S/C20H26N2O5S/c1-6-27-18-10-8-16(12-15(18)3)28(24,25)22(4)13-20(23)21-17-11-14(2)7-9-19(17)26-5/h7-12H,6,13H2,1-5H3,(H,21,23). The molecule has 0 aromatic heterocycles. The summed E-state index contributed by atoms with van der Waals surface area (Å²) in [5.74, 6) is 0.678. The van der Waals surface area contributed by atoms with Gasteiger partial charge in [0.1, 0.15) is 11.5 Å².